The van der Waals surface area contributed by atoms with E-state index in [1.807, 2.05) is 26.8 Å². The van der Waals surface area contributed by atoms with Crippen molar-refractivity contribution in [2.45, 2.75) is 40.3 Å². The summed E-state index contributed by atoms with van der Waals surface area (Å²) in [5, 5.41) is 10.5. The first-order chi connectivity index (χ1) is 11.0. The molecule has 2 heterocycles. The van der Waals surface area contributed by atoms with Crippen LogP contribution in [0.4, 0.5) is 5.82 Å². The zero-order valence-electron chi connectivity index (χ0n) is 13.5. The van der Waals surface area contributed by atoms with E-state index < -0.39 is 0 Å². The van der Waals surface area contributed by atoms with Crippen LogP contribution in [0.1, 0.15) is 32.8 Å². The molecular weight excluding hydrogens is 312 g/mol. The molecule has 0 saturated heterocycles. The Morgan fingerprint density at radius 3 is 2.48 bits per heavy atom. The monoisotopic (exact) mass is 332 g/mol. The minimum Gasteiger partial charge on any atom is -0.494 e. The minimum absolute atomic E-state index is 0.135. The zero-order chi connectivity index (χ0) is 17.0. The van der Waals surface area contributed by atoms with E-state index in [1.165, 1.54) is 4.57 Å². The first kappa shape index (κ1) is 17.1. The molecule has 0 unspecified atom stereocenters. The largest absolute Gasteiger partial charge is 0.494 e. The quantitative estimate of drug-likeness (QED) is 0.675. The van der Waals surface area contributed by atoms with Gasteiger partial charge in [0.1, 0.15) is 5.56 Å². The zero-order valence-corrected chi connectivity index (χ0v) is 14.3. The number of aromatic nitrogens is 3. The van der Waals surface area contributed by atoms with Gasteiger partial charge in [0, 0.05) is 19.3 Å². The molecule has 0 radical (unpaired) electrons. The van der Waals surface area contributed by atoms with Crippen LogP contribution < -0.4 is 5.56 Å². The van der Waals surface area contributed by atoms with Gasteiger partial charge in [-0.3, -0.25) is 13.9 Å². The van der Waals surface area contributed by atoms with E-state index in [0.29, 0.717) is 35.8 Å². The smallest absolute Gasteiger partial charge is 0.267 e. The Morgan fingerprint density at radius 1 is 1.26 bits per heavy atom. The van der Waals surface area contributed by atoms with Gasteiger partial charge in [-0.25, -0.2) is 9.98 Å². The van der Waals surface area contributed by atoms with E-state index >= 15 is 0 Å². The van der Waals surface area contributed by atoms with Crippen molar-refractivity contribution < 1.29 is 5.11 Å². The molecule has 1 N–H and O–H groups in total. The average Bonchev–Trinajstić information content (AvgIpc) is 2.55. The molecule has 0 aliphatic heterocycles. The summed E-state index contributed by atoms with van der Waals surface area (Å²) in [5.74, 6) is 0.362. The molecule has 23 heavy (non-hydrogen) atoms. The Hall–Kier alpha value is -2.28. The molecule has 2 rings (SSSR count). The molecule has 0 saturated carbocycles. The molecule has 0 aliphatic rings. The molecule has 2 aromatic rings. The van der Waals surface area contributed by atoms with Crippen LogP contribution in [-0.2, 0) is 13.1 Å². The van der Waals surface area contributed by atoms with Crippen LogP contribution in [-0.4, -0.2) is 24.9 Å². The number of aromatic hydroxyl groups is 1. The second-order valence-corrected chi connectivity index (χ2v) is 5.24. The van der Waals surface area contributed by atoms with Crippen molar-refractivity contribution in [2.75, 3.05) is 0 Å². The van der Waals surface area contributed by atoms with Gasteiger partial charge in [0.15, 0.2) is 10.6 Å². The second-order valence-electron chi connectivity index (χ2n) is 4.87. The van der Waals surface area contributed by atoms with E-state index in [-0.39, 0.29) is 17.0 Å². The first-order valence-electron chi connectivity index (χ1n) is 7.60. The summed E-state index contributed by atoms with van der Waals surface area (Å²) in [6.07, 6.45) is 2.12. The number of hydrogen-bond acceptors (Lipinski definition) is 5. The Morgan fingerprint density at radius 2 is 1.96 bits per heavy atom. The van der Waals surface area contributed by atoms with Gasteiger partial charge < -0.3 is 5.11 Å². The van der Waals surface area contributed by atoms with Gasteiger partial charge in [-0.05, 0) is 44.6 Å². The fourth-order valence-corrected chi connectivity index (χ4v) is 2.80. The Balaban J connectivity index is 2.78. The molecule has 0 fully saturated rings. The van der Waals surface area contributed by atoms with Crippen LogP contribution in [0, 0.1) is 4.77 Å². The summed E-state index contributed by atoms with van der Waals surface area (Å²) in [5.41, 5.74) is 0.359. The van der Waals surface area contributed by atoms with Crippen molar-refractivity contribution in [3.05, 3.63) is 45.1 Å². The highest BCUT2D eigenvalue weighted by atomic mass is 32.1. The van der Waals surface area contributed by atoms with Crippen molar-refractivity contribution in [2.24, 2.45) is 4.99 Å². The van der Waals surface area contributed by atoms with Crippen LogP contribution in [0.2, 0.25) is 0 Å². The molecule has 2 aromatic heterocycles. The van der Waals surface area contributed by atoms with Gasteiger partial charge in [0.05, 0.1) is 5.71 Å². The number of hydrogen-bond donors (Lipinski definition) is 1. The molecule has 0 bridgehead atoms. The highest BCUT2D eigenvalue weighted by Gasteiger charge is 2.19. The lowest BCUT2D eigenvalue weighted by Gasteiger charge is -2.16. The third-order valence-corrected chi connectivity index (χ3v) is 4.00. The van der Waals surface area contributed by atoms with Gasteiger partial charge in [0.2, 0.25) is 5.88 Å². The standard InChI is InChI=1S/C16H20N4O2S/c1-4-11(18-12-9-7-8-10-17-12)13-14(21)19(5-2)16(23)20(6-3)15(13)22/h7-10,21H,4-6H2,1-3H3/b18-11+. The molecule has 0 aromatic carbocycles. The summed E-state index contributed by atoms with van der Waals surface area (Å²) in [7, 11) is 0. The van der Waals surface area contributed by atoms with Crippen LogP contribution >= 0.6 is 12.2 Å². The molecule has 0 atom stereocenters. The van der Waals surface area contributed by atoms with Crippen molar-refractivity contribution in [3.63, 3.8) is 0 Å². The Kier molecular flexibility index (Phi) is 5.44. The van der Waals surface area contributed by atoms with Crippen molar-refractivity contribution >= 4 is 23.7 Å². The van der Waals surface area contributed by atoms with Crippen LogP contribution in [0.3, 0.4) is 0 Å². The fraction of sp³-hybridized carbons (Fsp3) is 0.375. The van der Waals surface area contributed by atoms with E-state index in [9.17, 15) is 9.90 Å². The summed E-state index contributed by atoms with van der Waals surface area (Å²) in [6.45, 7) is 6.50. The fourth-order valence-electron chi connectivity index (χ4n) is 2.38. The molecule has 0 spiro atoms. The number of nitrogens with zero attached hydrogens (tertiary/aromatic N) is 4. The third kappa shape index (κ3) is 3.24. The Labute approximate surface area is 139 Å². The predicted octanol–water partition coefficient (Wildman–Crippen LogP) is 3.05. The highest BCUT2D eigenvalue weighted by Crippen LogP contribution is 2.19. The molecule has 7 heteroatoms. The summed E-state index contributed by atoms with van der Waals surface area (Å²) in [4.78, 5) is 21.3. The Bertz CT molecular complexity index is 838. The molecule has 0 aliphatic carbocycles. The average molecular weight is 332 g/mol. The third-order valence-electron chi connectivity index (χ3n) is 3.55. The van der Waals surface area contributed by atoms with Gasteiger partial charge in [0.25, 0.3) is 5.56 Å². The number of aliphatic imine (C=N–C) groups is 1. The lowest BCUT2D eigenvalue weighted by Crippen LogP contribution is -2.30. The minimum atomic E-state index is -0.323. The summed E-state index contributed by atoms with van der Waals surface area (Å²) in [6, 6.07) is 5.37. The lowest BCUT2D eigenvalue weighted by molar-refractivity contribution is 0.399. The van der Waals surface area contributed by atoms with Crippen LogP contribution in [0.15, 0.2) is 34.2 Å². The lowest BCUT2D eigenvalue weighted by atomic mass is 10.1. The number of pyridine rings is 1. The maximum atomic E-state index is 12.7. The van der Waals surface area contributed by atoms with E-state index in [1.54, 1.807) is 22.9 Å². The molecule has 0 amide bonds. The van der Waals surface area contributed by atoms with Crippen molar-refractivity contribution in [1.29, 1.82) is 0 Å². The normalized spacial score (nSPS) is 11.7. The maximum Gasteiger partial charge on any atom is 0.267 e. The van der Waals surface area contributed by atoms with E-state index in [2.05, 4.69) is 9.98 Å². The second kappa shape index (κ2) is 7.32. The highest BCUT2D eigenvalue weighted by molar-refractivity contribution is 7.71. The maximum absolute atomic E-state index is 12.7. The SMILES string of the molecule is CC/C(=N\c1ccccn1)c1c(O)n(CC)c(=S)n(CC)c1=O. The van der Waals surface area contributed by atoms with Crippen molar-refractivity contribution in [1.82, 2.24) is 14.1 Å². The van der Waals surface area contributed by atoms with Crippen LogP contribution in [0.25, 0.3) is 0 Å². The summed E-state index contributed by atoms with van der Waals surface area (Å²) >= 11 is 5.29. The molecular formula is C16H20N4O2S. The topological polar surface area (TPSA) is 72.4 Å². The molecule has 6 nitrogen and oxygen atoms in total. The molecule has 122 valence electrons. The van der Waals surface area contributed by atoms with Gasteiger partial charge >= 0.3 is 0 Å². The van der Waals surface area contributed by atoms with Gasteiger partial charge in [-0.15, -0.1) is 0 Å². The summed E-state index contributed by atoms with van der Waals surface area (Å²) < 4.78 is 3.32. The first-order valence-corrected chi connectivity index (χ1v) is 8.01. The van der Waals surface area contributed by atoms with E-state index in [4.69, 9.17) is 12.2 Å². The van der Waals surface area contributed by atoms with Gasteiger partial charge in [-0.2, -0.15) is 0 Å². The van der Waals surface area contributed by atoms with E-state index in [0.717, 1.165) is 0 Å². The predicted molar refractivity (Wildman–Crippen MR) is 93.3 cm³/mol. The number of rotatable bonds is 5. The van der Waals surface area contributed by atoms with Crippen molar-refractivity contribution in [3.8, 4) is 5.88 Å². The van der Waals surface area contributed by atoms with Gasteiger partial charge in [-0.1, -0.05) is 13.0 Å². The van der Waals surface area contributed by atoms with Crippen LogP contribution in [0.5, 0.6) is 5.88 Å².